The molecule has 2 amide bonds. The van der Waals surface area contributed by atoms with Gasteiger partial charge in [0.25, 0.3) is 0 Å². The summed E-state index contributed by atoms with van der Waals surface area (Å²) in [6, 6.07) is 4.24. The molecular weight excluding hydrogens is 319 g/mol. The number of hydrogen-bond donors (Lipinski definition) is 1. The van der Waals surface area contributed by atoms with Gasteiger partial charge in [0.2, 0.25) is 0 Å². The number of carbonyl (C=O) groups is 1. The number of anilines is 1. The van der Waals surface area contributed by atoms with Gasteiger partial charge in [0.05, 0.1) is 5.56 Å². The molecule has 7 heteroatoms. The second-order valence-electron chi connectivity index (χ2n) is 6.04. The van der Waals surface area contributed by atoms with E-state index in [0.29, 0.717) is 18.8 Å². The summed E-state index contributed by atoms with van der Waals surface area (Å²) in [5.41, 5.74) is -0.348. The maximum Gasteiger partial charge on any atom is 0.416 e. The van der Waals surface area contributed by atoms with Crippen molar-refractivity contribution in [3.05, 3.63) is 29.8 Å². The van der Waals surface area contributed by atoms with Crippen molar-refractivity contribution in [1.82, 2.24) is 9.80 Å². The van der Waals surface area contributed by atoms with Crippen LogP contribution in [0.1, 0.15) is 31.7 Å². The zero-order valence-corrected chi connectivity index (χ0v) is 13.9. The van der Waals surface area contributed by atoms with Crippen molar-refractivity contribution in [2.45, 2.75) is 32.4 Å². The second kappa shape index (κ2) is 8.37. The van der Waals surface area contributed by atoms with E-state index in [4.69, 9.17) is 0 Å². The van der Waals surface area contributed by atoms with Crippen LogP contribution in [0.25, 0.3) is 0 Å². The lowest BCUT2D eigenvalue weighted by Gasteiger charge is -2.34. The van der Waals surface area contributed by atoms with Crippen LogP contribution in [0.2, 0.25) is 0 Å². The van der Waals surface area contributed by atoms with Crippen molar-refractivity contribution in [3.63, 3.8) is 0 Å². The van der Waals surface area contributed by atoms with Crippen LogP contribution < -0.4 is 5.32 Å². The monoisotopic (exact) mass is 343 g/mol. The Labute approximate surface area is 140 Å². The van der Waals surface area contributed by atoms with Gasteiger partial charge in [-0.25, -0.2) is 4.79 Å². The number of rotatable bonds is 5. The highest BCUT2D eigenvalue weighted by Crippen LogP contribution is 2.29. The fraction of sp³-hybridized carbons (Fsp3) is 0.588. The molecule has 1 aromatic rings. The summed E-state index contributed by atoms with van der Waals surface area (Å²) in [4.78, 5) is 16.2. The lowest BCUT2D eigenvalue weighted by atomic mass is 10.2. The molecule has 0 unspecified atom stereocenters. The van der Waals surface area contributed by atoms with E-state index in [0.717, 1.165) is 31.8 Å². The van der Waals surface area contributed by atoms with Crippen molar-refractivity contribution in [1.29, 1.82) is 0 Å². The first-order chi connectivity index (χ1) is 11.4. The van der Waals surface area contributed by atoms with Gasteiger partial charge >= 0.3 is 12.2 Å². The summed E-state index contributed by atoms with van der Waals surface area (Å²) >= 11 is 0. The summed E-state index contributed by atoms with van der Waals surface area (Å²) in [6.45, 7) is 6.18. The molecule has 1 heterocycles. The third-order valence-corrected chi connectivity index (χ3v) is 4.20. The van der Waals surface area contributed by atoms with Crippen LogP contribution in [-0.2, 0) is 6.18 Å². The first kappa shape index (κ1) is 18.6. The van der Waals surface area contributed by atoms with Gasteiger partial charge in [0, 0.05) is 31.9 Å². The average Bonchev–Trinajstić information content (AvgIpc) is 2.55. The highest BCUT2D eigenvalue weighted by atomic mass is 19.4. The van der Waals surface area contributed by atoms with Gasteiger partial charge in [-0.1, -0.05) is 19.8 Å². The van der Waals surface area contributed by atoms with Crippen LogP contribution in [-0.4, -0.2) is 48.6 Å². The van der Waals surface area contributed by atoms with Gasteiger partial charge < -0.3 is 10.2 Å². The minimum absolute atomic E-state index is 0.261. The third kappa shape index (κ3) is 5.40. The molecule has 0 spiro atoms. The molecule has 0 bridgehead atoms. The Kier molecular flexibility index (Phi) is 6.48. The van der Waals surface area contributed by atoms with Crippen LogP contribution in [0.15, 0.2) is 24.3 Å². The number of urea groups is 1. The molecule has 1 aromatic carbocycles. The number of unbranched alkanes of at least 4 members (excludes halogenated alkanes) is 2. The number of amides is 2. The number of nitrogens with one attached hydrogen (secondary N) is 1. The van der Waals surface area contributed by atoms with E-state index in [1.54, 1.807) is 4.90 Å². The van der Waals surface area contributed by atoms with E-state index < -0.39 is 11.7 Å². The standard InChI is InChI=1S/C17H24F3N3O/c1-2-3-4-9-22-10-12-23(13-11-22)16(24)21-15-7-5-14(6-8-15)17(18,19)20/h5-8H,2-4,9-13H2,1H3,(H,21,24). The van der Waals surface area contributed by atoms with Crippen LogP contribution in [0, 0.1) is 0 Å². The zero-order chi connectivity index (χ0) is 17.6. The van der Waals surface area contributed by atoms with Crippen molar-refractivity contribution >= 4 is 11.7 Å². The first-order valence-corrected chi connectivity index (χ1v) is 8.35. The number of alkyl halides is 3. The van der Waals surface area contributed by atoms with Crippen molar-refractivity contribution < 1.29 is 18.0 Å². The maximum absolute atomic E-state index is 12.5. The van der Waals surface area contributed by atoms with E-state index in [-0.39, 0.29) is 6.03 Å². The third-order valence-electron chi connectivity index (χ3n) is 4.20. The molecule has 0 atom stereocenters. The molecule has 0 aromatic heterocycles. The highest BCUT2D eigenvalue weighted by molar-refractivity contribution is 5.89. The molecular formula is C17H24F3N3O. The van der Waals surface area contributed by atoms with Gasteiger partial charge in [-0.2, -0.15) is 13.2 Å². The fourth-order valence-corrected chi connectivity index (χ4v) is 2.71. The summed E-state index contributed by atoms with van der Waals surface area (Å²) in [5.74, 6) is 0. The Bertz CT molecular complexity index is 523. The Balaban J connectivity index is 1.79. The van der Waals surface area contributed by atoms with Crippen molar-refractivity contribution in [2.75, 3.05) is 38.0 Å². The number of carbonyl (C=O) groups excluding carboxylic acids is 1. The molecule has 4 nitrogen and oxygen atoms in total. The normalized spacial score (nSPS) is 16.2. The Morgan fingerprint density at radius 1 is 1.08 bits per heavy atom. The number of nitrogens with zero attached hydrogens (tertiary/aromatic N) is 2. The molecule has 1 aliphatic heterocycles. The van der Waals surface area contributed by atoms with Crippen molar-refractivity contribution in [2.24, 2.45) is 0 Å². The molecule has 0 saturated carbocycles. The van der Waals surface area contributed by atoms with Gasteiger partial charge in [-0.3, -0.25) is 4.90 Å². The molecule has 0 radical (unpaired) electrons. The summed E-state index contributed by atoms with van der Waals surface area (Å²) < 4.78 is 37.6. The van der Waals surface area contributed by atoms with Gasteiger partial charge in [0.15, 0.2) is 0 Å². The van der Waals surface area contributed by atoms with E-state index in [1.807, 2.05) is 0 Å². The summed E-state index contributed by atoms with van der Waals surface area (Å²) in [7, 11) is 0. The number of hydrogen-bond acceptors (Lipinski definition) is 2. The SMILES string of the molecule is CCCCCN1CCN(C(=O)Nc2ccc(C(F)(F)F)cc2)CC1. The average molecular weight is 343 g/mol. The van der Waals surface area contributed by atoms with Crippen LogP contribution in [0.3, 0.4) is 0 Å². The van der Waals surface area contributed by atoms with Crippen LogP contribution in [0.5, 0.6) is 0 Å². The molecule has 1 fully saturated rings. The zero-order valence-electron chi connectivity index (χ0n) is 13.9. The van der Waals surface area contributed by atoms with E-state index in [2.05, 4.69) is 17.1 Å². The first-order valence-electron chi connectivity index (χ1n) is 8.35. The molecule has 1 aliphatic rings. The molecule has 0 aliphatic carbocycles. The van der Waals surface area contributed by atoms with Gasteiger partial charge in [-0.05, 0) is 37.2 Å². The Morgan fingerprint density at radius 2 is 1.71 bits per heavy atom. The van der Waals surface area contributed by atoms with E-state index in [1.165, 1.54) is 31.4 Å². The van der Waals surface area contributed by atoms with E-state index in [9.17, 15) is 18.0 Å². The largest absolute Gasteiger partial charge is 0.416 e. The number of piperazine rings is 1. The molecule has 134 valence electrons. The predicted octanol–water partition coefficient (Wildman–Crippen LogP) is 4.05. The number of benzene rings is 1. The fourth-order valence-electron chi connectivity index (χ4n) is 2.71. The van der Waals surface area contributed by atoms with Crippen LogP contribution >= 0.6 is 0 Å². The quantitative estimate of drug-likeness (QED) is 0.819. The van der Waals surface area contributed by atoms with Gasteiger partial charge in [-0.15, -0.1) is 0 Å². The Hall–Kier alpha value is -1.76. The highest BCUT2D eigenvalue weighted by Gasteiger charge is 2.30. The van der Waals surface area contributed by atoms with Gasteiger partial charge in [0.1, 0.15) is 0 Å². The molecule has 2 rings (SSSR count). The smallest absolute Gasteiger partial charge is 0.322 e. The topological polar surface area (TPSA) is 35.6 Å². The van der Waals surface area contributed by atoms with Crippen molar-refractivity contribution in [3.8, 4) is 0 Å². The summed E-state index contributed by atoms with van der Waals surface area (Å²) in [6.07, 6.45) is -0.783. The minimum atomic E-state index is -4.36. The molecule has 24 heavy (non-hydrogen) atoms. The lowest BCUT2D eigenvalue weighted by molar-refractivity contribution is -0.137. The molecule has 1 N–H and O–H groups in total. The minimum Gasteiger partial charge on any atom is -0.322 e. The lowest BCUT2D eigenvalue weighted by Crippen LogP contribution is -2.50. The Morgan fingerprint density at radius 3 is 2.25 bits per heavy atom. The number of halogens is 3. The predicted molar refractivity (Wildman–Crippen MR) is 88.0 cm³/mol. The van der Waals surface area contributed by atoms with E-state index >= 15 is 0 Å². The second-order valence-corrected chi connectivity index (χ2v) is 6.04. The molecule has 1 saturated heterocycles. The summed E-state index contributed by atoms with van der Waals surface area (Å²) in [5, 5.41) is 2.66. The van der Waals surface area contributed by atoms with Crippen LogP contribution in [0.4, 0.5) is 23.7 Å². The maximum atomic E-state index is 12.5.